The maximum Gasteiger partial charge on any atom is 0.251 e. The largest absolute Gasteiger partial charge is 0.341 e. The van der Waals surface area contributed by atoms with Gasteiger partial charge < -0.3 is 10.2 Å². The van der Waals surface area contributed by atoms with Crippen LogP contribution in [0.25, 0.3) is 0 Å². The average Bonchev–Trinajstić information content (AvgIpc) is 2.60. The van der Waals surface area contributed by atoms with Crippen molar-refractivity contribution in [3.63, 3.8) is 0 Å². The van der Waals surface area contributed by atoms with Gasteiger partial charge in [0, 0.05) is 22.8 Å². The number of carbonyl (C=O) groups is 2. The third-order valence-corrected chi connectivity index (χ3v) is 4.42. The minimum Gasteiger partial charge on any atom is -0.341 e. The van der Waals surface area contributed by atoms with Crippen LogP contribution in [0.2, 0.25) is 5.02 Å². The number of benzene rings is 2. The van der Waals surface area contributed by atoms with E-state index >= 15 is 0 Å². The maximum atomic E-state index is 12.8. The van der Waals surface area contributed by atoms with Crippen LogP contribution in [0.3, 0.4) is 0 Å². The minimum atomic E-state index is -0.609. The summed E-state index contributed by atoms with van der Waals surface area (Å²) in [5, 5.41) is 3.25. The first-order valence-electron chi connectivity index (χ1n) is 8.02. The zero-order chi connectivity index (χ0) is 17.1. The van der Waals surface area contributed by atoms with Crippen molar-refractivity contribution in [3.8, 4) is 0 Å². The van der Waals surface area contributed by atoms with Gasteiger partial charge in [-0.3, -0.25) is 9.59 Å². The molecule has 1 N–H and O–H groups in total. The zero-order valence-electron chi connectivity index (χ0n) is 13.5. The van der Waals surface area contributed by atoms with Crippen molar-refractivity contribution in [2.75, 3.05) is 11.4 Å². The van der Waals surface area contributed by atoms with Crippen LogP contribution in [0.4, 0.5) is 5.69 Å². The van der Waals surface area contributed by atoms with Gasteiger partial charge in [0.1, 0.15) is 6.04 Å². The molecule has 1 aliphatic rings. The van der Waals surface area contributed by atoms with E-state index in [4.69, 9.17) is 11.6 Å². The van der Waals surface area contributed by atoms with E-state index in [2.05, 4.69) is 5.32 Å². The topological polar surface area (TPSA) is 49.4 Å². The van der Waals surface area contributed by atoms with E-state index in [0.717, 1.165) is 18.5 Å². The lowest BCUT2D eigenvalue weighted by molar-refractivity contribution is -0.120. The number of hydrogen-bond acceptors (Lipinski definition) is 2. The maximum absolute atomic E-state index is 12.8. The molecule has 0 fully saturated rings. The Labute approximate surface area is 146 Å². The van der Waals surface area contributed by atoms with Gasteiger partial charge in [0.05, 0.1) is 0 Å². The van der Waals surface area contributed by atoms with Crippen molar-refractivity contribution in [1.82, 2.24) is 5.32 Å². The fraction of sp³-hybridized carbons (Fsp3) is 0.263. The van der Waals surface area contributed by atoms with Crippen LogP contribution in [0.5, 0.6) is 0 Å². The van der Waals surface area contributed by atoms with Crippen LogP contribution < -0.4 is 10.2 Å². The molecule has 4 nitrogen and oxygen atoms in total. The monoisotopic (exact) mass is 342 g/mol. The molecule has 1 heterocycles. The van der Waals surface area contributed by atoms with Crippen LogP contribution in [-0.4, -0.2) is 24.4 Å². The quantitative estimate of drug-likeness (QED) is 0.929. The van der Waals surface area contributed by atoms with Crippen LogP contribution in [0, 0.1) is 0 Å². The van der Waals surface area contributed by atoms with E-state index in [0.29, 0.717) is 17.1 Å². The second-order valence-corrected chi connectivity index (χ2v) is 6.36. The number of fused-ring (bicyclic) bond motifs is 1. The summed E-state index contributed by atoms with van der Waals surface area (Å²) in [6, 6.07) is 14.0. The summed E-state index contributed by atoms with van der Waals surface area (Å²) >= 11 is 5.91. The summed E-state index contributed by atoms with van der Waals surface area (Å²) in [5.74, 6) is -0.402. The average molecular weight is 343 g/mol. The Morgan fingerprint density at radius 3 is 2.75 bits per heavy atom. The highest BCUT2D eigenvalue weighted by Gasteiger charge is 2.27. The second kappa shape index (κ2) is 7.05. The summed E-state index contributed by atoms with van der Waals surface area (Å²) in [4.78, 5) is 26.8. The van der Waals surface area contributed by atoms with Gasteiger partial charge in [-0.25, -0.2) is 0 Å². The Morgan fingerprint density at radius 1 is 1.17 bits per heavy atom. The molecule has 1 atom stereocenters. The normalized spacial score (nSPS) is 14.7. The van der Waals surface area contributed by atoms with Crippen molar-refractivity contribution in [3.05, 3.63) is 64.7 Å². The molecule has 0 spiro atoms. The fourth-order valence-electron chi connectivity index (χ4n) is 2.97. The molecule has 0 bridgehead atoms. The number of halogens is 1. The first-order valence-corrected chi connectivity index (χ1v) is 8.40. The number of anilines is 1. The number of para-hydroxylation sites is 1. The molecule has 0 saturated carbocycles. The molecule has 124 valence electrons. The number of aryl methyl sites for hydroxylation is 1. The molecular formula is C19H19ClN2O2. The molecule has 2 amide bonds. The van der Waals surface area contributed by atoms with E-state index in [1.54, 1.807) is 36.1 Å². The minimum absolute atomic E-state index is 0.0995. The van der Waals surface area contributed by atoms with Crippen molar-refractivity contribution >= 4 is 29.1 Å². The van der Waals surface area contributed by atoms with Gasteiger partial charge in [-0.15, -0.1) is 0 Å². The third kappa shape index (κ3) is 3.44. The fourth-order valence-corrected chi connectivity index (χ4v) is 3.16. The lowest BCUT2D eigenvalue weighted by Crippen LogP contribution is -2.48. The molecule has 1 unspecified atom stereocenters. The summed E-state index contributed by atoms with van der Waals surface area (Å²) in [6.07, 6.45) is 1.90. The standard InChI is InChI=1S/C19H19ClN2O2/c1-13(21-18(23)15-7-4-9-16(20)12-15)19(24)22-11-5-8-14-6-2-3-10-17(14)22/h2-4,6-7,9-10,12-13H,5,8,11H2,1H3,(H,21,23). The summed E-state index contributed by atoms with van der Waals surface area (Å²) in [6.45, 7) is 2.38. The van der Waals surface area contributed by atoms with Crippen LogP contribution in [0.1, 0.15) is 29.3 Å². The number of nitrogens with one attached hydrogen (secondary N) is 1. The molecular weight excluding hydrogens is 324 g/mol. The van der Waals surface area contributed by atoms with E-state index in [1.165, 1.54) is 5.56 Å². The molecule has 5 heteroatoms. The Balaban J connectivity index is 1.73. The smallest absolute Gasteiger partial charge is 0.251 e. The van der Waals surface area contributed by atoms with Gasteiger partial charge in [-0.2, -0.15) is 0 Å². The molecule has 2 aromatic rings. The van der Waals surface area contributed by atoms with Gasteiger partial charge >= 0.3 is 0 Å². The van der Waals surface area contributed by atoms with Crippen LogP contribution >= 0.6 is 11.6 Å². The number of amides is 2. The molecule has 0 radical (unpaired) electrons. The Kier molecular flexibility index (Phi) is 4.86. The number of hydrogen-bond donors (Lipinski definition) is 1. The molecule has 0 aromatic heterocycles. The highest BCUT2D eigenvalue weighted by Crippen LogP contribution is 2.27. The lowest BCUT2D eigenvalue weighted by Gasteiger charge is -2.31. The SMILES string of the molecule is CC(NC(=O)c1cccc(Cl)c1)C(=O)N1CCCc2ccccc21. The lowest BCUT2D eigenvalue weighted by atomic mass is 10.0. The molecule has 0 aliphatic carbocycles. The van der Waals surface area contributed by atoms with E-state index < -0.39 is 6.04 Å². The van der Waals surface area contributed by atoms with E-state index in [9.17, 15) is 9.59 Å². The van der Waals surface area contributed by atoms with Crippen molar-refractivity contribution in [2.24, 2.45) is 0 Å². The van der Waals surface area contributed by atoms with Crippen molar-refractivity contribution < 1.29 is 9.59 Å². The Morgan fingerprint density at radius 2 is 1.96 bits per heavy atom. The molecule has 0 saturated heterocycles. The zero-order valence-corrected chi connectivity index (χ0v) is 14.2. The molecule has 1 aliphatic heterocycles. The van der Waals surface area contributed by atoms with Crippen LogP contribution in [-0.2, 0) is 11.2 Å². The second-order valence-electron chi connectivity index (χ2n) is 5.93. The first kappa shape index (κ1) is 16.5. The summed E-state index contributed by atoms with van der Waals surface area (Å²) in [7, 11) is 0. The molecule has 3 rings (SSSR count). The van der Waals surface area contributed by atoms with Gasteiger partial charge in [-0.05, 0) is 49.6 Å². The van der Waals surface area contributed by atoms with E-state index in [-0.39, 0.29) is 11.8 Å². The van der Waals surface area contributed by atoms with Crippen molar-refractivity contribution in [2.45, 2.75) is 25.8 Å². The first-order chi connectivity index (χ1) is 11.6. The number of nitrogens with zero attached hydrogens (tertiary/aromatic N) is 1. The predicted molar refractivity (Wildman–Crippen MR) is 95.5 cm³/mol. The van der Waals surface area contributed by atoms with Crippen LogP contribution in [0.15, 0.2) is 48.5 Å². The van der Waals surface area contributed by atoms with Gasteiger partial charge in [0.25, 0.3) is 5.91 Å². The van der Waals surface area contributed by atoms with Gasteiger partial charge in [0.2, 0.25) is 5.91 Å². The summed E-state index contributed by atoms with van der Waals surface area (Å²) in [5.41, 5.74) is 2.56. The third-order valence-electron chi connectivity index (χ3n) is 4.18. The number of carbonyl (C=O) groups excluding carboxylic acids is 2. The Hall–Kier alpha value is -2.33. The predicted octanol–water partition coefficient (Wildman–Crippen LogP) is 3.44. The van der Waals surface area contributed by atoms with E-state index in [1.807, 2.05) is 24.3 Å². The van der Waals surface area contributed by atoms with Gasteiger partial charge in [0.15, 0.2) is 0 Å². The molecule has 24 heavy (non-hydrogen) atoms. The summed E-state index contributed by atoms with van der Waals surface area (Å²) < 4.78 is 0. The Bertz CT molecular complexity index is 775. The van der Waals surface area contributed by atoms with Gasteiger partial charge in [-0.1, -0.05) is 35.9 Å². The number of rotatable bonds is 3. The highest BCUT2D eigenvalue weighted by molar-refractivity contribution is 6.31. The highest BCUT2D eigenvalue weighted by atomic mass is 35.5. The van der Waals surface area contributed by atoms with Crippen molar-refractivity contribution in [1.29, 1.82) is 0 Å². The molecule has 2 aromatic carbocycles.